The fourth-order valence-electron chi connectivity index (χ4n) is 7.12. The van der Waals surface area contributed by atoms with Gasteiger partial charge in [0.2, 0.25) is 5.91 Å². The van der Waals surface area contributed by atoms with E-state index in [4.69, 9.17) is 9.47 Å². The highest BCUT2D eigenvalue weighted by Crippen LogP contribution is 2.62. The molecule has 1 aromatic carbocycles. The van der Waals surface area contributed by atoms with Gasteiger partial charge < -0.3 is 19.9 Å². The van der Waals surface area contributed by atoms with E-state index >= 15 is 0 Å². The maximum absolute atomic E-state index is 12.9. The number of rotatable bonds is 6. The zero-order chi connectivity index (χ0) is 20.2. The zero-order valence-electron chi connectivity index (χ0n) is 17.6. The minimum Gasteiger partial charge on any atom is -0.494 e. The molecule has 3 atom stereocenters. The Kier molecular flexibility index (Phi) is 4.57. The number of benzene rings is 1. The molecule has 1 amide bonds. The Morgan fingerprint density at radius 1 is 1.28 bits per heavy atom. The Balaban J connectivity index is 1.26. The van der Waals surface area contributed by atoms with Crippen LogP contribution in [-0.2, 0) is 17.8 Å². The molecule has 4 aliphatic carbocycles. The van der Waals surface area contributed by atoms with E-state index in [1.807, 2.05) is 13.0 Å². The molecular formula is C24H33NO4. The zero-order valence-corrected chi connectivity index (χ0v) is 17.6. The summed E-state index contributed by atoms with van der Waals surface area (Å²) in [7, 11) is 0. The molecule has 5 heteroatoms. The van der Waals surface area contributed by atoms with Crippen molar-refractivity contribution in [1.82, 2.24) is 5.32 Å². The van der Waals surface area contributed by atoms with Crippen molar-refractivity contribution in [2.24, 2.45) is 17.3 Å². The lowest BCUT2D eigenvalue weighted by atomic mass is 9.47. The Morgan fingerprint density at radius 3 is 2.72 bits per heavy atom. The number of aliphatic hydroxyl groups is 1. The van der Waals surface area contributed by atoms with E-state index in [2.05, 4.69) is 18.3 Å². The van der Waals surface area contributed by atoms with Gasteiger partial charge in [-0.05, 0) is 81.8 Å². The molecule has 0 aromatic heterocycles. The van der Waals surface area contributed by atoms with Gasteiger partial charge in [-0.15, -0.1) is 0 Å². The third-order valence-electron chi connectivity index (χ3n) is 7.54. The number of amides is 1. The number of ether oxygens (including phenoxy) is 2. The normalized spacial score (nSPS) is 36.6. The summed E-state index contributed by atoms with van der Waals surface area (Å²) < 4.78 is 11.7. The molecule has 4 bridgehead atoms. The van der Waals surface area contributed by atoms with Crippen LogP contribution in [0.2, 0.25) is 0 Å². The van der Waals surface area contributed by atoms with Crippen molar-refractivity contribution in [2.45, 2.75) is 83.5 Å². The van der Waals surface area contributed by atoms with E-state index in [9.17, 15) is 9.90 Å². The number of hydrogen-bond donors (Lipinski definition) is 2. The van der Waals surface area contributed by atoms with Crippen LogP contribution in [-0.4, -0.2) is 29.3 Å². The highest BCUT2D eigenvalue weighted by molar-refractivity contribution is 5.77. The van der Waals surface area contributed by atoms with E-state index in [0.29, 0.717) is 31.4 Å². The van der Waals surface area contributed by atoms with Gasteiger partial charge in [-0.1, -0.05) is 0 Å². The predicted octanol–water partition coefficient (Wildman–Crippen LogP) is 3.75. The lowest BCUT2D eigenvalue weighted by molar-refractivity contribution is -0.169. The smallest absolute Gasteiger partial charge is 0.220 e. The van der Waals surface area contributed by atoms with Gasteiger partial charge in [0.15, 0.2) is 0 Å². The highest BCUT2D eigenvalue weighted by atomic mass is 16.5. The van der Waals surface area contributed by atoms with Crippen molar-refractivity contribution in [3.8, 4) is 11.5 Å². The molecule has 29 heavy (non-hydrogen) atoms. The minimum absolute atomic E-state index is 0.00213. The second kappa shape index (κ2) is 6.90. The molecule has 6 rings (SSSR count). The maximum Gasteiger partial charge on any atom is 0.220 e. The van der Waals surface area contributed by atoms with Crippen LogP contribution in [0.1, 0.15) is 69.9 Å². The Hall–Kier alpha value is -1.75. The Labute approximate surface area is 173 Å². The number of fused-ring (bicyclic) bond motifs is 1. The van der Waals surface area contributed by atoms with E-state index < -0.39 is 5.60 Å². The molecule has 1 aliphatic heterocycles. The lowest BCUT2D eigenvalue weighted by Crippen LogP contribution is -2.56. The summed E-state index contributed by atoms with van der Waals surface area (Å²) in [6, 6.07) is 4.09. The van der Waals surface area contributed by atoms with Gasteiger partial charge in [0.25, 0.3) is 0 Å². The summed E-state index contributed by atoms with van der Waals surface area (Å²) in [6.07, 6.45) is 7.76. The van der Waals surface area contributed by atoms with Crippen LogP contribution in [0.3, 0.4) is 0 Å². The van der Waals surface area contributed by atoms with Gasteiger partial charge in [-0.2, -0.15) is 0 Å². The van der Waals surface area contributed by atoms with Crippen molar-refractivity contribution in [3.63, 3.8) is 0 Å². The van der Waals surface area contributed by atoms with Gasteiger partial charge in [-0.3, -0.25) is 4.79 Å². The number of nitrogens with one attached hydrogen (secondary N) is 1. The van der Waals surface area contributed by atoms with Crippen LogP contribution in [0.5, 0.6) is 11.5 Å². The molecule has 1 heterocycles. The molecule has 5 nitrogen and oxygen atoms in total. The first-order chi connectivity index (χ1) is 13.9. The van der Waals surface area contributed by atoms with Crippen LogP contribution < -0.4 is 14.8 Å². The maximum atomic E-state index is 12.9. The third-order valence-corrected chi connectivity index (χ3v) is 7.54. The minimum atomic E-state index is -0.513. The molecule has 4 saturated carbocycles. The predicted molar refractivity (Wildman–Crippen MR) is 110 cm³/mol. The van der Waals surface area contributed by atoms with E-state index in [1.54, 1.807) is 0 Å². The lowest BCUT2D eigenvalue weighted by Gasteiger charge is -2.60. The molecule has 158 valence electrons. The molecular weight excluding hydrogens is 366 g/mol. The van der Waals surface area contributed by atoms with Gasteiger partial charge in [0, 0.05) is 30.5 Å². The second-order valence-corrected chi connectivity index (χ2v) is 10.3. The molecule has 0 radical (unpaired) electrons. The molecule has 0 spiro atoms. The van der Waals surface area contributed by atoms with E-state index in [1.165, 1.54) is 12.0 Å². The van der Waals surface area contributed by atoms with Crippen LogP contribution in [0.4, 0.5) is 0 Å². The summed E-state index contributed by atoms with van der Waals surface area (Å²) in [5, 5.41) is 14.1. The van der Waals surface area contributed by atoms with E-state index in [-0.39, 0.29) is 17.4 Å². The summed E-state index contributed by atoms with van der Waals surface area (Å²) in [6.45, 7) is 5.10. The molecule has 1 aromatic rings. The SMILES string of the molecule is CCOc1cc2c(cc1CNC(=O)CC13C[C@@H]4C[C@H](CC(O)(C4)C1)C3)O[C@H](C)C2. The molecule has 2 N–H and O–H groups in total. The van der Waals surface area contributed by atoms with E-state index in [0.717, 1.165) is 55.6 Å². The fourth-order valence-corrected chi connectivity index (χ4v) is 7.12. The van der Waals surface area contributed by atoms with Crippen molar-refractivity contribution in [3.05, 3.63) is 23.3 Å². The fraction of sp³-hybridized carbons (Fsp3) is 0.708. The van der Waals surface area contributed by atoms with Gasteiger partial charge in [-0.25, -0.2) is 0 Å². The summed E-state index contributed by atoms with van der Waals surface area (Å²) in [5.74, 6) is 3.05. The average molecular weight is 400 g/mol. The van der Waals surface area contributed by atoms with Crippen molar-refractivity contribution >= 4 is 5.91 Å². The number of carbonyl (C=O) groups is 1. The van der Waals surface area contributed by atoms with Gasteiger partial charge in [0.05, 0.1) is 12.2 Å². The monoisotopic (exact) mass is 399 g/mol. The van der Waals surface area contributed by atoms with Crippen LogP contribution in [0.15, 0.2) is 12.1 Å². The first kappa shape index (κ1) is 19.2. The van der Waals surface area contributed by atoms with Crippen LogP contribution in [0.25, 0.3) is 0 Å². The van der Waals surface area contributed by atoms with Crippen LogP contribution >= 0.6 is 0 Å². The summed E-state index contributed by atoms with van der Waals surface area (Å²) >= 11 is 0. The molecule has 4 fully saturated rings. The first-order valence-corrected chi connectivity index (χ1v) is 11.3. The Morgan fingerprint density at radius 2 is 2.03 bits per heavy atom. The number of carbonyl (C=O) groups excluding carboxylic acids is 1. The largest absolute Gasteiger partial charge is 0.494 e. The van der Waals surface area contributed by atoms with Gasteiger partial charge in [0.1, 0.15) is 17.6 Å². The van der Waals surface area contributed by atoms with Crippen molar-refractivity contribution in [2.75, 3.05) is 6.61 Å². The second-order valence-electron chi connectivity index (χ2n) is 10.3. The molecule has 0 saturated heterocycles. The third kappa shape index (κ3) is 3.63. The quantitative estimate of drug-likeness (QED) is 0.765. The highest BCUT2D eigenvalue weighted by Gasteiger charge is 2.57. The Bertz CT molecular complexity index is 805. The topological polar surface area (TPSA) is 67.8 Å². The van der Waals surface area contributed by atoms with Crippen molar-refractivity contribution < 1.29 is 19.4 Å². The number of hydrogen-bond acceptors (Lipinski definition) is 4. The summed E-state index contributed by atoms with van der Waals surface area (Å²) in [4.78, 5) is 12.9. The summed E-state index contributed by atoms with van der Waals surface area (Å²) in [5.41, 5.74) is 1.64. The average Bonchev–Trinajstić information content (AvgIpc) is 2.96. The first-order valence-electron chi connectivity index (χ1n) is 11.3. The van der Waals surface area contributed by atoms with Gasteiger partial charge >= 0.3 is 0 Å². The standard InChI is InChI=1S/C24H33NO4/c1-3-28-20-6-18-4-15(2)29-21(18)7-19(20)13-25-22(26)12-23-8-16-5-17(9-23)11-24(27,10-16)14-23/h6-7,15-17,27H,3-5,8-14H2,1-2H3,(H,25,26)/t15-,16+,17+,23?,24?/m1/s1. The van der Waals surface area contributed by atoms with Crippen LogP contribution in [0, 0.1) is 17.3 Å². The molecule has 5 aliphatic rings. The van der Waals surface area contributed by atoms with Crippen molar-refractivity contribution in [1.29, 1.82) is 0 Å². The molecule has 0 unspecified atom stereocenters.